The first-order valence-electron chi connectivity index (χ1n) is 12.0. The molecular formula is C28H28N4O3S2. The lowest BCUT2D eigenvalue weighted by atomic mass is 10.0. The molecule has 0 spiro atoms. The minimum Gasteiger partial charge on any atom is -0.383 e. The highest BCUT2D eigenvalue weighted by Gasteiger charge is 2.38. The predicted molar refractivity (Wildman–Crippen MR) is 150 cm³/mol. The molecule has 1 aliphatic heterocycles. The molecular weight excluding hydrogens is 504 g/mol. The van der Waals surface area contributed by atoms with Crippen molar-refractivity contribution in [2.24, 2.45) is 0 Å². The standard InChI is InChI=1S/C28H28N4O3S2/c1-19-9-6-7-12-21(19)32-28-25(26(30-32)20-10-4-3-5-11-20)27(22-13-8-16-36-22)37-18-24(34)31(28)17-23(33)29-14-15-35-2/h3-13,16,27H,14-15,17-18H2,1-2H3,(H,29,33). The van der Waals surface area contributed by atoms with Crippen molar-refractivity contribution in [3.63, 3.8) is 0 Å². The van der Waals surface area contributed by atoms with E-state index in [0.29, 0.717) is 19.0 Å². The van der Waals surface area contributed by atoms with Gasteiger partial charge in [-0.05, 0) is 30.0 Å². The van der Waals surface area contributed by atoms with Crippen LogP contribution >= 0.6 is 23.1 Å². The van der Waals surface area contributed by atoms with Gasteiger partial charge in [0.25, 0.3) is 0 Å². The Morgan fingerprint density at radius 1 is 1.11 bits per heavy atom. The van der Waals surface area contributed by atoms with Gasteiger partial charge in [-0.15, -0.1) is 23.1 Å². The van der Waals surface area contributed by atoms with E-state index in [9.17, 15) is 9.59 Å². The Morgan fingerprint density at radius 2 is 1.89 bits per heavy atom. The Hall–Kier alpha value is -3.40. The Bertz CT molecular complexity index is 1390. The molecule has 4 aromatic rings. The number of nitrogens with zero attached hydrogens (tertiary/aromatic N) is 3. The number of rotatable bonds is 8. The lowest BCUT2D eigenvalue weighted by molar-refractivity contribution is -0.123. The van der Waals surface area contributed by atoms with Crippen LogP contribution in [0.1, 0.15) is 21.3 Å². The quantitative estimate of drug-likeness (QED) is 0.329. The molecule has 1 atom stereocenters. The van der Waals surface area contributed by atoms with Crippen LogP contribution in [0.25, 0.3) is 16.9 Å². The number of para-hydroxylation sites is 1. The molecule has 0 aliphatic carbocycles. The SMILES string of the molecule is COCCNC(=O)CN1C(=O)CSC(c2cccs2)c2c(-c3ccccc3)nn(-c3ccccc3C)c21. The molecule has 1 aliphatic rings. The fourth-order valence-electron chi connectivity index (χ4n) is 4.45. The summed E-state index contributed by atoms with van der Waals surface area (Å²) in [5.41, 5.74) is 4.61. The van der Waals surface area contributed by atoms with E-state index in [2.05, 4.69) is 16.8 Å². The summed E-state index contributed by atoms with van der Waals surface area (Å²) in [4.78, 5) is 29.3. The Labute approximate surface area is 224 Å². The van der Waals surface area contributed by atoms with E-state index in [1.165, 1.54) is 0 Å². The lowest BCUT2D eigenvalue weighted by Crippen LogP contribution is -2.43. The third kappa shape index (κ3) is 5.20. The number of carbonyl (C=O) groups excluding carboxylic acids is 2. The van der Waals surface area contributed by atoms with Gasteiger partial charge in [0.15, 0.2) is 0 Å². The van der Waals surface area contributed by atoms with Crippen molar-refractivity contribution < 1.29 is 14.3 Å². The van der Waals surface area contributed by atoms with Crippen molar-refractivity contribution in [3.05, 3.63) is 88.1 Å². The molecule has 1 unspecified atom stereocenters. The maximum absolute atomic E-state index is 13.6. The van der Waals surface area contributed by atoms with Crippen molar-refractivity contribution in [1.29, 1.82) is 0 Å². The molecule has 5 rings (SSSR count). The van der Waals surface area contributed by atoms with Gasteiger partial charge in [-0.3, -0.25) is 14.5 Å². The summed E-state index contributed by atoms with van der Waals surface area (Å²) in [5, 5.41) is 9.93. The summed E-state index contributed by atoms with van der Waals surface area (Å²) in [6.45, 7) is 2.71. The van der Waals surface area contributed by atoms with E-state index < -0.39 is 0 Å². The zero-order valence-corrected chi connectivity index (χ0v) is 22.3. The van der Waals surface area contributed by atoms with Crippen molar-refractivity contribution in [3.8, 4) is 16.9 Å². The van der Waals surface area contributed by atoms with Crippen LogP contribution in [-0.2, 0) is 14.3 Å². The van der Waals surface area contributed by atoms with Gasteiger partial charge in [-0.2, -0.15) is 5.10 Å². The number of thioether (sulfide) groups is 1. The molecule has 0 saturated heterocycles. The highest BCUT2D eigenvalue weighted by atomic mass is 32.2. The third-order valence-corrected chi connectivity index (χ3v) is 8.53. The maximum atomic E-state index is 13.6. The number of amides is 2. The number of methoxy groups -OCH3 is 1. The van der Waals surface area contributed by atoms with Gasteiger partial charge in [-0.1, -0.05) is 54.6 Å². The van der Waals surface area contributed by atoms with Crippen molar-refractivity contribution in [2.45, 2.75) is 12.2 Å². The van der Waals surface area contributed by atoms with Gasteiger partial charge < -0.3 is 10.1 Å². The Balaban J connectivity index is 1.74. The van der Waals surface area contributed by atoms with Crippen LogP contribution in [0.3, 0.4) is 0 Å². The van der Waals surface area contributed by atoms with E-state index in [1.807, 2.05) is 72.3 Å². The molecule has 0 saturated carbocycles. The monoisotopic (exact) mass is 532 g/mol. The zero-order valence-electron chi connectivity index (χ0n) is 20.7. The third-order valence-electron chi connectivity index (χ3n) is 6.21. The van der Waals surface area contributed by atoms with E-state index in [1.54, 1.807) is 35.1 Å². The number of hydrogen-bond acceptors (Lipinski definition) is 6. The Morgan fingerprint density at radius 3 is 2.62 bits per heavy atom. The summed E-state index contributed by atoms with van der Waals surface area (Å²) < 4.78 is 6.91. The first-order chi connectivity index (χ1) is 18.1. The minimum absolute atomic E-state index is 0.0981. The van der Waals surface area contributed by atoms with Crippen LogP contribution < -0.4 is 10.2 Å². The number of nitrogens with one attached hydrogen (secondary N) is 1. The van der Waals surface area contributed by atoms with Crippen LogP contribution in [0.15, 0.2) is 72.1 Å². The number of fused-ring (bicyclic) bond motifs is 1. The second-order valence-corrected chi connectivity index (χ2v) is 10.8. The molecule has 190 valence electrons. The number of thiophene rings is 1. The average Bonchev–Trinajstić information content (AvgIpc) is 3.55. The molecule has 0 fully saturated rings. The minimum atomic E-state index is -0.241. The zero-order chi connectivity index (χ0) is 25.8. The predicted octanol–water partition coefficient (Wildman–Crippen LogP) is 4.84. The molecule has 9 heteroatoms. The van der Waals surface area contributed by atoms with Crippen LogP contribution in [-0.4, -0.2) is 54.2 Å². The molecule has 7 nitrogen and oxygen atoms in total. The highest BCUT2D eigenvalue weighted by Crippen LogP contribution is 2.49. The normalized spacial score (nSPS) is 15.4. The van der Waals surface area contributed by atoms with Gasteiger partial charge in [0, 0.05) is 29.7 Å². The number of carbonyl (C=O) groups is 2. The van der Waals surface area contributed by atoms with Crippen LogP contribution in [0.5, 0.6) is 0 Å². The number of aryl methyl sites for hydroxylation is 1. The topological polar surface area (TPSA) is 76.5 Å². The first-order valence-corrected chi connectivity index (χ1v) is 14.0. The number of benzene rings is 2. The molecule has 2 amide bonds. The summed E-state index contributed by atoms with van der Waals surface area (Å²) >= 11 is 3.24. The van der Waals surface area contributed by atoms with Crippen LogP contribution in [0, 0.1) is 6.92 Å². The molecule has 0 bridgehead atoms. The summed E-state index contributed by atoms with van der Waals surface area (Å²) in [6.07, 6.45) is 0. The lowest BCUT2D eigenvalue weighted by Gasteiger charge is -2.23. The second-order valence-electron chi connectivity index (χ2n) is 8.68. The van der Waals surface area contributed by atoms with E-state index in [0.717, 1.165) is 32.9 Å². The summed E-state index contributed by atoms with van der Waals surface area (Å²) in [7, 11) is 1.59. The van der Waals surface area contributed by atoms with E-state index in [4.69, 9.17) is 9.84 Å². The number of aromatic nitrogens is 2. The number of ether oxygens (including phenoxy) is 1. The number of hydrogen-bond donors (Lipinski definition) is 1. The average molecular weight is 533 g/mol. The van der Waals surface area contributed by atoms with Gasteiger partial charge in [0.2, 0.25) is 11.8 Å². The summed E-state index contributed by atoms with van der Waals surface area (Å²) in [6, 6.07) is 22.1. The molecule has 3 heterocycles. The van der Waals surface area contributed by atoms with Crippen LogP contribution in [0.4, 0.5) is 5.82 Å². The van der Waals surface area contributed by atoms with Gasteiger partial charge in [-0.25, -0.2) is 4.68 Å². The van der Waals surface area contributed by atoms with Gasteiger partial charge in [0.1, 0.15) is 12.4 Å². The second kappa shape index (κ2) is 11.3. The molecule has 0 radical (unpaired) electrons. The smallest absolute Gasteiger partial charge is 0.240 e. The fourth-order valence-corrected chi connectivity index (χ4v) is 6.63. The molecule has 37 heavy (non-hydrogen) atoms. The Kier molecular flexibility index (Phi) is 7.73. The van der Waals surface area contributed by atoms with Crippen molar-refractivity contribution in [1.82, 2.24) is 15.1 Å². The largest absolute Gasteiger partial charge is 0.383 e. The highest BCUT2D eigenvalue weighted by molar-refractivity contribution is 8.00. The number of anilines is 1. The van der Waals surface area contributed by atoms with E-state index >= 15 is 0 Å². The van der Waals surface area contributed by atoms with Crippen molar-refractivity contribution in [2.75, 3.05) is 37.5 Å². The van der Waals surface area contributed by atoms with Crippen LogP contribution in [0.2, 0.25) is 0 Å². The molecule has 1 N–H and O–H groups in total. The maximum Gasteiger partial charge on any atom is 0.240 e. The van der Waals surface area contributed by atoms with Gasteiger partial charge >= 0.3 is 0 Å². The van der Waals surface area contributed by atoms with E-state index in [-0.39, 0.29) is 29.4 Å². The molecule has 2 aromatic heterocycles. The molecule has 2 aromatic carbocycles. The first kappa shape index (κ1) is 25.3. The summed E-state index contributed by atoms with van der Waals surface area (Å²) in [5.74, 6) is 0.532. The van der Waals surface area contributed by atoms with Gasteiger partial charge in [0.05, 0.1) is 29.0 Å². The van der Waals surface area contributed by atoms with Crippen molar-refractivity contribution >= 4 is 40.7 Å². The fraction of sp³-hybridized carbons (Fsp3) is 0.250.